The fraction of sp³-hybridized carbons (Fsp3) is 0.149. The van der Waals surface area contributed by atoms with Crippen molar-refractivity contribution < 1.29 is 20.1 Å². The molecule has 5 aromatic carbocycles. The largest absolute Gasteiger partial charge is 0.305 e. The van der Waals surface area contributed by atoms with Crippen molar-refractivity contribution in [3.8, 4) is 33.6 Å². The molecule has 1 radical (unpaired) electrons. The van der Waals surface area contributed by atoms with E-state index >= 15 is 0 Å². The Kier molecular flexibility index (Phi) is 11.8. The van der Waals surface area contributed by atoms with Crippen molar-refractivity contribution in [2.45, 2.75) is 45.8 Å². The summed E-state index contributed by atoms with van der Waals surface area (Å²) in [6.07, 6.45) is 4.96. The Morgan fingerprint density at radius 1 is 0.654 bits per heavy atom. The molecule has 261 valence electrons. The summed E-state index contributed by atoms with van der Waals surface area (Å²) in [5.41, 5.74) is 10.7. The van der Waals surface area contributed by atoms with Crippen molar-refractivity contribution in [1.82, 2.24) is 9.97 Å². The normalized spacial score (nSPS) is 11.3. The number of fused-ring (bicyclic) bond motifs is 3. The van der Waals surface area contributed by atoms with Crippen LogP contribution >= 0.6 is 11.3 Å². The minimum absolute atomic E-state index is 0. The first-order valence-corrected chi connectivity index (χ1v) is 21.9. The molecule has 0 aliphatic heterocycles. The first-order valence-electron chi connectivity index (χ1n) is 17.6. The van der Waals surface area contributed by atoms with Crippen LogP contribution in [0.3, 0.4) is 0 Å². The predicted molar refractivity (Wildman–Crippen MR) is 222 cm³/mol. The second kappa shape index (κ2) is 16.4. The topological polar surface area (TPSA) is 25.8 Å². The molecule has 0 atom stereocenters. The summed E-state index contributed by atoms with van der Waals surface area (Å²) in [5, 5.41) is 4.03. The Balaban J connectivity index is 0.000000179. The van der Waals surface area contributed by atoms with Gasteiger partial charge in [-0.2, -0.15) is 11.3 Å². The summed E-state index contributed by atoms with van der Waals surface area (Å²) in [6.45, 7) is 11.6. The number of hydrogen-bond donors (Lipinski definition) is 0. The van der Waals surface area contributed by atoms with Gasteiger partial charge < -0.3 is 9.97 Å². The Morgan fingerprint density at radius 2 is 1.37 bits per heavy atom. The van der Waals surface area contributed by atoms with Crippen molar-refractivity contribution in [1.29, 1.82) is 0 Å². The molecule has 3 aromatic heterocycles. The minimum atomic E-state index is -1.43. The van der Waals surface area contributed by atoms with E-state index in [0.717, 1.165) is 28.9 Å². The molecule has 0 saturated carbocycles. The molecule has 0 spiro atoms. The summed E-state index contributed by atoms with van der Waals surface area (Å²) >= 11 is 1.83. The van der Waals surface area contributed by atoms with Gasteiger partial charge in [0, 0.05) is 37.2 Å². The molecule has 0 saturated heterocycles. The smallest absolute Gasteiger partial charge is 0.0799 e. The van der Waals surface area contributed by atoms with Crippen LogP contribution in [0.25, 0.3) is 53.8 Å². The monoisotopic (exact) mass is 887 g/mol. The van der Waals surface area contributed by atoms with Crippen molar-refractivity contribution >= 4 is 44.8 Å². The van der Waals surface area contributed by atoms with Crippen LogP contribution in [0.1, 0.15) is 36.5 Å². The van der Waals surface area contributed by atoms with Gasteiger partial charge in [0.25, 0.3) is 0 Å². The molecule has 0 aliphatic rings. The first-order chi connectivity index (χ1) is 24.7. The van der Waals surface area contributed by atoms with Gasteiger partial charge in [0.2, 0.25) is 0 Å². The molecule has 0 fully saturated rings. The number of aromatic nitrogens is 2. The number of pyridine rings is 2. The third kappa shape index (κ3) is 8.57. The summed E-state index contributed by atoms with van der Waals surface area (Å²) < 4.78 is 2.58. The SMILES string of the molecule is CC(C)c1ccnc(-c2[c-]cc3sc4ccc(-c5ccccc5)cc4c3c2)c1.C[Si](C)(C)c1cnc(-c2[c-]cccc2)cc1Cc1ccccc1.[Ir]. The zero-order valence-electron chi connectivity index (χ0n) is 30.3. The second-order valence-electron chi connectivity index (χ2n) is 14.3. The molecule has 3 heterocycles. The average Bonchev–Trinajstić information content (AvgIpc) is 3.53. The van der Waals surface area contributed by atoms with E-state index in [0.29, 0.717) is 5.92 Å². The van der Waals surface area contributed by atoms with Gasteiger partial charge >= 0.3 is 0 Å². The molecule has 52 heavy (non-hydrogen) atoms. The fourth-order valence-electron chi connectivity index (χ4n) is 6.47. The van der Waals surface area contributed by atoms with E-state index in [-0.39, 0.29) is 20.1 Å². The summed E-state index contributed by atoms with van der Waals surface area (Å²) in [4.78, 5) is 9.32. The van der Waals surface area contributed by atoms with E-state index in [1.165, 1.54) is 53.2 Å². The maximum absolute atomic E-state index is 4.72. The van der Waals surface area contributed by atoms with Crippen LogP contribution in [0, 0.1) is 12.1 Å². The van der Waals surface area contributed by atoms with E-state index in [9.17, 15) is 0 Å². The standard InChI is InChI=1S/C26H20NS.C21H22NSi.Ir/c1-17(2)19-12-13-27-24(16-19)21-9-11-26-23(15-21)22-14-20(8-10-25(22)28-26)18-6-4-3-5-7-18;1-23(2,3)21-16-22-20(18-12-8-5-9-13-18)15-19(21)14-17-10-6-4-7-11-17;/h3-8,10-17H,1-2H3;4-12,15-16H,14H2,1-3H3;/q2*-1;. The number of hydrogen-bond acceptors (Lipinski definition) is 3. The van der Waals surface area contributed by atoms with Gasteiger partial charge in [0.05, 0.1) is 8.07 Å². The minimum Gasteiger partial charge on any atom is -0.305 e. The fourth-order valence-corrected chi connectivity index (χ4v) is 9.09. The summed E-state index contributed by atoms with van der Waals surface area (Å²) in [6, 6.07) is 53.7. The van der Waals surface area contributed by atoms with Crippen molar-refractivity contribution in [3.05, 3.63) is 175 Å². The quantitative estimate of drug-likeness (QED) is 0.118. The molecule has 0 N–H and O–H groups in total. The van der Waals surface area contributed by atoms with Crippen LogP contribution in [0.4, 0.5) is 0 Å². The number of nitrogens with zero attached hydrogens (tertiary/aromatic N) is 2. The van der Waals surface area contributed by atoms with Gasteiger partial charge in [-0.25, -0.2) is 0 Å². The van der Waals surface area contributed by atoms with Crippen LogP contribution in [0.2, 0.25) is 19.6 Å². The molecule has 0 unspecified atom stereocenters. The Hall–Kier alpha value is -4.51. The van der Waals surface area contributed by atoms with Crippen LogP contribution in [-0.4, -0.2) is 18.0 Å². The Morgan fingerprint density at radius 3 is 2.08 bits per heavy atom. The molecule has 0 bridgehead atoms. The van der Waals surface area contributed by atoms with Gasteiger partial charge in [-0.05, 0) is 73.9 Å². The maximum atomic E-state index is 4.72. The molecular formula is C47H42IrN2SSi-2. The van der Waals surface area contributed by atoms with Crippen LogP contribution in [-0.2, 0) is 26.5 Å². The van der Waals surface area contributed by atoms with Gasteiger partial charge in [-0.3, -0.25) is 0 Å². The molecule has 0 aliphatic carbocycles. The van der Waals surface area contributed by atoms with E-state index in [4.69, 9.17) is 4.98 Å². The van der Waals surface area contributed by atoms with E-state index in [1.807, 2.05) is 35.7 Å². The summed E-state index contributed by atoms with van der Waals surface area (Å²) in [5.74, 6) is 0.487. The average molecular weight is 887 g/mol. The van der Waals surface area contributed by atoms with E-state index in [1.54, 1.807) is 0 Å². The Labute approximate surface area is 327 Å². The number of rotatable bonds is 7. The maximum Gasteiger partial charge on any atom is 0.0799 e. The van der Waals surface area contributed by atoms with Crippen LogP contribution in [0.5, 0.6) is 0 Å². The third-order valence-electron chi connectivity index (χ3n) is 9.26. The van der Waals surface area contributed by atoms with E-state index < -0.39 is 8.07 Å². The number of benzene rings is 5. The van der Waals surface area contributed by atoms with Crippen molar-refractivity contribution in [2.75, 3.05) is 0 Å². The van der Waals surface area contributed by atoms with Gasteiger partial charge in [0.1, 0.15) is 0 Å². The third-order valence-corrected chi connectivity index (χ3v) is 12.5. The first kappa shape index (κ1) is 37.2. The number of thiophene rings is 1. The summed E-state index contributed by atoms with van der Waals surface area (Å²) in [7, 11) is -1.43. The second-order valence-corrected chi connectivity index (χ2v) is 20.5. The van der Waals surface area contributed by atoms with Crippen molar-refractivity contribution in [2.24, 2.45) is 0 Å². The molecule has 5 heteroatoms. The predicted octanol–water partition coefficient (Wildman–Crippen LogP) is 12.4. The zero-order valence-corrected chi connectivity index (χ0v) is 34.5. The van der Waals surface area contributed by atoms with Gasteiger partial charge in [-0.15, -0.1) is 59.7 Å². The van der Waals surface area contributed by atoms with Crippen molar-refractivity contribution in [3.63, 3.8) is 0 Å². The molecule has 8 aromatic rings. The van der Waals surface area contributed by atoms with Gasteiger partial charge in [-0.1, -0.05) is 129 Å². The Bertz CT molecular complexity index is 2400. The molecule has 2 nitrogen and oxygen atoms in total. The van der Waals surface area contributed by atoms with Gasteiger partial charge in [0.15, 0.2) is 0 Å². The van der Waals surface area contributed by atoms with Crippen LogP contribution < -0.4 is 5.19 Å². The molecule has 8 rings (SSSR count). The molecular weight excluding hydrogens is 845 g/mol. The van der Waals surface area contributed by atoms with Crippen LogP contribution in [0.15, 0.2) is 146 Å². The molecule has 0 amide bonds. The van der Waals surface area contributed by atoms with E-state index in [2.05, 4.69) is 172 Å². The zero-order chi connectivity index (χ0) is 35.4.